The molecular formula is C18H16F3N3O5. The van der Waals surface area contributed by atoms with Crippen molar-refractivity contribution in [1.29, 1.82) is 0 Å². The van der Waals surface area contributed by atoms with Crippen molar-refractivity contribution in [3.63, 3.8) is 0 Å². The van der Waals surface area contributed by atoms with Crippen LogP contribution in [-0.4, -0.2) is 37.0 Å². The van der Waals surface area contributed by atoms with Gasteiger partial charge in [0.05, 0.1) is 21.9 Å². The Morgan fingerprint density at radius 1 is 1.14 bits per heavy atom. The third kappa shape index (κ3) is 4.81. The fraction of sp³-hybridized carbons (Fsp3) is 0.222. The van der Waals surface area contributed by atoms with Crippen molar-refractivity contribution in [3.05, 3.63) is 63.5 Å². The Balaban J connectivity index is 2.20. The third-order valence-electron chi connectivity index (χ3n) is 3.84. The molecule has 0 heterocycles. The summed E-state index contributed by atoms with van der Waals surface area (Å²) in [5.41, 5.74) is -0.854. The van der Waals surface area contributed by atoms with Gasteiger partial charge in [0.25, 0.3) is 11.6 Å². The highest BCUT2D eigenvalue weighted by molar-refractivity contribution is 6.00. The number of benzene rings is 2. The third-order valence-corrected chi connectivity index (χ3v) is 3.84. The summed E-state index contributed by atoms with van der Waals surface area (Å²) in [6.07, 6.45) is -1.47. The van der Waals surface area contributed by atoms with Crippen molar-refractivity contribution >= 4 is 28.9 Å². The average Bonchev–Trinajstić information content (AvgIpc) is 2.67. The van der Waals surface area contributed by atoms with E-state index in [1.165, 1.54) is 17.0 Å². The van der Waals surface area contributed by atoms with Gasteiger partial charge >= 0.3 is 5.97 Å². The Labute approximate surface area is 163 Å². The molecule has 0 bridgehead atoms. The summed E-state index contributed by atoms with van der Waals surface area (Å²) in [6.45, 7) is 1.16. The highest BCUT2D eigenvalue weighted by Gasteiger charge is 2.25. The molecule has 11 heteroatoms. The van der Waals surface area contributed by atoms with Crippen LogP contribution in [-0.2, 0) is 9.53 Å². The van der Waals surface area contributed by atoms with Gasteiger partial charge in [-0.3, -0.25) is 14.9 Å². The Morgan fingerprint density at radius 3 is 2.38 bits per heavy atom. The molecular weight excluding hydrogens is 395 g/mol. The highest BCUT2D eigenvalue weighted by atomic mass is 19.2. The van der Waals surface area contributed by atoms with Crippen molar-refractivity contribution in [2.75, 3.05) is 24.3 Å². The number of hydrogen-bond acceptors (Lipinski definition) is 6. The number of amides is 1. The number of anilines is 2. The van der Waals surface area contributed by atoms with Crippen LogP contribution < -0.4 is 10.2 Å². The Kier molecular flexibility index (Phi) is 6.42. The van der Waals surface area contributed by atoms with E-state index in [1.54, 1.807) is 14.1 Å². The van der Waals surface area contributed by atoms with Crippen LogP contribution in [0, 0.1) is 27.6 Å². The maximum Gasteiger partial charge on any atom is 0.341 e. The monoisotopic (exact) mass is 411 g/mol. The fourth-order valence-electron chi connectivity index (χ4n) is 2.33. The molecule has 2 aromatic rings. The number of hydrogen-bond donors (Lipinski definition) is 1. The first-order valence-corrected chi connectivity index (χ1v) is 8.14. The second kappa shape index (κ2) is 8.59. The summed E-state index contributed by atoms with van der Waals surface area (Å²) in [7, 11) is 3.19. The summed E-state index contributed by atoms with van der Waals surface area (Å²) in [6, 6.07) is 4.98. The van der Waals surface area contributed by atoms with Gasteiger partial charge in [-0.05, 0) is 25.1 Å². The molecule has 0 aliphatic rings. The molecule has 0 fully saturated rings. The molecule has 2 aromatic carbocycles. The standard InChI is InChI=1S/C18H16F3N3O5/c1-9(17(25)22-13-6-5-12(19)15(20)16(13)21)29-18(26)11-8-10(24(27)28)4-7-14(11)23(2)3/h4-9H,1-3H3,(H,22,25)/t9-/m1/s1. The van der Waals surface area contributed by atoms with Crippen LogP contribution in [0.2, 0.25) is 0 Å². The van der Waals surface area contributed by atoms with E-state index in [4.69, 9.17) is 4.74 Å². The number of nitro groups is 1. The first-order valence-electron chi connectivity index (χ1n) is 8.14. The number of nitrogens with zero attached hydrogens (tertiary/aromatic N) is 2. The zero-order chi connectivity index (χ0) is 21.9. The van der Waals surface area contributed by atoms with Gasteiger partial charge in [-0.2, -0.15) is 0 Å². The van der Waals surface area contributed by atoms with Crippen molar-refractivity contribution in [3.8, 4) is 0 Å². The molecule has 0 spiro atoms. The van der Waals surface area contributed by atoms with Gasteiger partial charge in [-0.25, -0.2) is 18.0 Å². The quantitative estimate of drug-likeness (QED) is 0.339. The zero-order valence-corrected chi connectivity index (χ0v) is 15.5. The lowest BCUT2D eigenvalue weighted by Crippen LogP contribution is -2.31. The number of carbonyl (C=O) groups is 2. The first kappa shape index (κ1) is 21.7. The lowest BCUT2D eigenvalue weighted by atomic mass is 10.1. The Morgan fingerprint density at radius 2 is 1.79 bits per heavy atom. The minimum absolute atomic E-state index is 0.164. The minimum atomic E-state index is -1.76. The SMILES string of the molecule is C[C@@H](OC(=O)c1cc([N+](=O)[O-])ccc1N(C)C)C(=O)Nc1ccc(F)c(F)c1F. The van der Waals surface area contributed by atoms with Crippen LogP contribution in [0.15, 0.2) is 30.3 Å². The second-order valence-electron chi connectivity index (χ2n) is 6.11. The summed E-state index contributed by atoms with van der Waals surface area (Å²) in [4.78, 5) is 36.4. The maximum atomic E-state index is 13.7. The number of nitrogens with one attached hydrogen (secondary N) is 1. The first-order chi connectivity index (χ1) is 13.5. The molecule has 29 heavy (non-hydrogen) atoms. The molecule has 0 aliphatic heterocycles. The zero-order valence-electron chi connectivity index (χ0n) is 15.5. The number of non-ortho nitro benzene ring substituents is 1. The van der Waals surface area contributed by atoms with Gasteiger partial charge in [0.15, 0.2) is 23.6 Å². The lowest BCUT2D eigenvalue weighted by Gasteiger charge is -2.18. The van der Waals surface area contributed by atoms with Gasteiger partial charge in [-0.15, -0.1) is 0 Å². The molecule has 0 aromatic heterocycles. The number of esters is 1. The molecule has 8 nitrogen and oxygen atoms in total. The van der Waals surface area contributed by atoms with E-state index in [0.717, 1.165) is 19.1 Å². The van der Waals surface area contributed by atoms with Gasteiger partial charge in [0.1, 0.15) is 0 Å². The smallest absolute Gasteiger partial charge is 0.341 e. The number of halogens is 3. The van der Waals surface area contributed by atoms with E-state index in [-0.39, 0.29) is 11.3 Å². The molecule has 154 valence electrons. The van der Waals surface area contributed by atoms with Crippen LogP contribution in [0.3, 0.4) is 0 Å². The van der Waals surface area contributed by atoms with Crippen molar-refractivity contribution in [2.45, 2.75) is 13.0 Å². The number of ether oxygens (including phenoxy) is 1. The fourth-order valence-corrected chi connectivity index (χ4v) is 2.33. The lowest BCUT2D eigenvalue weighted by molar-refractivity contribution is -0.384. The van der Waals surface area contributed by atoms with Crippen molar-refractivity contribution in [2.24, 2.45) is 0 Å². The molecule has 1 amide bonds. The van der Waals surface area contributed by atoms with Crippen LogP contribution >= 0.6 is 0 Å². The number of rotatable bonds is 6. The predicted octanol–water partition coefficient (Wildman–Crippen LogP) is 3.26. The molecule has 0 saturated carbocycles. The largest absolute Gasteiger partial charge is 0.449 e. The highest BCUT2D eigenvalue weighted by Crippen LogP contribution is 2.26. The van der Waals surface area contributed by atoms with Crippen molar-refractivity contribution < 1.29 is 32.4 Å². The van der Waals surface area contributed by atoms with Crippen LogP contribution in [0.5, 0.6) is 0 Å². The topological polar surface area (TPSA) is 102 Å². The van der Waals surface area contributed by atoms with Crippen molar-refractivity contribution in [1.82, 2.24) is 0 Å². The maximum absolute atomic E-state index is 13.7. The van der Waals surface area contributed by atoms with Gasteiger partial charge < -0.3 is 15.0 Å². The van der Waals surface area contributed by atoms with Crippen LogP contribution in [0.25, 0.3) is 0 Å². The minimum Gasteiger partial charge on any atom is -0.449 e. The Hall–Kier alpha value is -3.63. The van der Waals surface area contributed by atoms with E-state index >= 15 is 0 Å². The van der Waals surface area contributed by atoms with Crippen LogP contribution in [0.4, 0.5) is 30.2 Å². The predicted molar refractivity (Wildman–Crippen MR) is 97.2 cm³/mol. The molecule has 1 atom stereocenters. The normalized spacial score (nSPS) is 11.5. The molecule has 0 aliphatic carbocycles. The Bertz CT molecular complexity index is 981. The van der Waals surface area contributed by atoms with Crippen LogP contribution in [0.1, 0.15) is 17.3 Å². The number of nitro benzene ring substituents is 1. The molecule has 0 saturated heterocycles. The summed E-state index contributed by atoms with van der Waals surface area (Å²) in [5, 5.41) is 12.9. The van der Waals surface area contributed by atoms with E-state index in [2.05, 4.69) is 0 Å². The summed E-state index contributed by atoms with van der Waals surface area (Å²) >= 11 is 0. The summed E-state index contributed by atoms with van der Waals surface area (Å²) < 4.78 is 44.9. The molecule has 1 N–H and O–H groups in total. The van der Waals surface area contributed by atoms with Gasteiger partial charge in [0, 0.05) is 26.2 Å². The average molecular weight is 411 g/mol. The van der Waals surface area contributed by atoms with E-state index in [0.29, 0.717) is 11.8 Å². The van der Waals surface area contributed by atoms with Gasteiger partial charge in [-0.1, -0.05) is 0 Å². The van der Waals surface area contributed by atoms with Gasteiger partial charge in [0.2, 0.25) is 0 Å². The number of carbonyl (C=O) groups excluding carboxylic acids is 2. The van der Waals surface area contributed by atoms with E-state index in [1.807, 2.05) is 5.32 Å². The van der Waals surface area contributed by atoms with E-state index in [9.17, 15) is 32.9 Å². The molecule has 0 radical (unpaired) electrons. The molecule has 2 rings (SSSR count). The van der Waals surface area contributed by atoms with E-state index < -0.39 is 46.0 Å². The summed E-state index contributed by atoms with van der Waals surface area (Å²) in [5.74, 6) is -6.85. The second-order valence-corrected chi connectivity index (χ2v) is 6.11. The molecule has 0 unspecified atom stereocenters.